The lowest BCUT2D eigenvalue weighted by Crippen LogP contribution is -2.55. The van der Waals surface area contributed by atoms with Crippen molar-refractivity contribution in [1.29, 1.82) is 0 Å². The first-order chi connectivity index (χ1) is 10.7. The molecule has 0 aromatic heterocycles. The molecule has 2 N–H and O–H groups in total. The average molecular weight is 305 g/mol. The summed E-state index contributed by atoms with van der Waals surface area (Å²) >= 11 is 0. The summed E-state index contributed by atoms with van der Waals surface area (Å²) in [5.74, 6) is -0.0173. The van der Waals surface area contributed by atoms with Crippen molar-refractivity contribution >= 4 is 5.91 Å². The highest BCUT2D eigenvalue weighted by atomic mass is 16.5. The molecule has 1 aromatic carbocycles. The fraction of sp³-hybridized carbons (Fsp3) is 0.588. The van der Waals surface area contributed by atoms with E-state index in [1.165, 1.54) is 0 Å². The number of ether oxygens (including phenoxy) is 1. The highest BCUT2D eigenvalue weighted by molar-refractivity contribution is 5.94. The van der Waals surface area contributed by atoms with Gasteiger partial charge in [0.15, 0.2) is 0 Å². The van der Waals surface area contributed by atoms with Crippen molar-refractivity contribution in [3.05, 3.63) is 35.9 Å². The Morgan fingerprint density at radius 3 is 2.82 bits per heavy atom. The highest BCUT2D eigenvalue weighted by Crippen LogP contribution is 2.15. The van der Waals surface area contributed by atoms with Gasteiger partial charge in [0, 0.05) is 25.8 Å². The first kappa shape index (κ1) is 16.9. The Hall–Kier alpha value is -1.43. The van der Waals surface area contributed by atoms with E-state index in [-0.39, 0.29) is 18.1 Å². The van der Waals surface area contributed by atoms with E-state index in [4.69, 9.17) is 4.74 Å². The Bertz CT molecular complexity index is 452. The summed E-state index contributed by atoms with van der Waals surface area (Å²) in [5.41, 5.74) is 0.703. The SMILES string of the molecule is CNCCCN1CCC(NC(=O)c2ccccc2)C(OC)C1. The number of piperidine rings is 1. The van der Waals surface area contributed by atoms with Crippen LogP contribution in [-0.2, 0) is 4.74 Å². The van der Waals surface area contributed by atoms with Gasteiger partial charge in [-0.2, -0.15) is 0 Å². The normalized spacial score (nSPS) is 22.5. The molecule has 1 amide bonds. The molecule has 0 spiro atoms. The molecule has 22 heavy (non-hydrogen) atoms. The van der Waals surface area contributed by atoms with Crippen LogP contribution in [0, 0.1) is 0 Å². The lowest BCUT2D eigenvalue weighted by molar-refractivity contribution is 0.00623. The second-order valence-corrected chi connectivity index (χ2v) is 5.77. The van der Waals surface area contributed by atoms with Crippen molar-refractivity contribution in [2.45, 2.75) is 25.0 Å². The quantitative estimate of drug-likeness (QED) is 0.741. The third-order valence-corrected chi connectivity index (χ3v) is 4.20. The minimum absolute atomic E-state index is 0.0173. The van der Waals surface area contributed by atoms with Gasteiger partial charge >= 0.3 is 0 Å². The third kappa shape index (κ3) is 4.80. The van der Waals surface area contributed by atoms with E-state index in [1.807, 2.05) is 37.4 Å². The highest BCUT2D eigenvalue weighted by Gasteiger charge is 2.30. The van der Waals surface area contributed by atoms with E-state index in [2.05, 4.69) is 15.5 Å². The van der Waals surface area contributed by atoms with Crippen LogP contribution in [0.4, 0.5) is 0 Å². The number of carbonyl (C=O) groups is 1. The molecule has 2 atom stereocenters. The van der Waals surface area contributed by atoms with Gasteiger partial charge in [0.2, 0.25) is 0 Å². The van der Waals surface area contributed by atoms with Crippen molar-refractivity contribution in [3.63, 3.8) is 0 Å². The molecular formula is C17H27N3O2. The number of nitrogens with one attached hydrogen (secondary N) is 2. The van der Waals surface area contributed by atoms with E-state index < -0.39 is 0 Å². The summed E-state index contributed by atoms with van der Waals surface area (Å²) in [5, 5.41) is 6.29. The number of nitrogens with zero attached hydrogens (tertiary/aromatic N) is 1. The van der Waals surface area contributed by atoms with E-state index in [0.29, 0.717) is 5.56 Å². The summed E-state index contributed by atoms with van der Waals surface area (Å²) < 4.78 is 5.61. The fourth-order valence-corrected chi connectivity index (χ4v) is 2.91. The number of rotatable bonds is 7. The zero-order chi connectivity index (χ0) is 15.8. The van der Waals surface area contributed by atoms with Crippen molar-refractivity contribution in [2.75, 3.05) is 40.3 Å². The largest absolute Gasteiger partial charge is 0.378 e. The van der Waals surface area contributed by atoms with Crippen LogP contribution in [0.2, 0.25) is 0 Å². The lowest BCUT2D eigenvalue weighted by Gasteiger charge is -2.38. The molecule has 0 aliphatic carbocycles. The van der Waals surface area contributed by atoms with Gasteiger partial charge in [0.05, 0.1) is 12.1 Å². The van der Waals surface area contributed by atoms with Crippen LogP contribution in [-0.4, -0.2) is 63.3 Å². The predicted molar refractivity (Wildman–Crippen MR) is 88.1 cm³/mol. The molecule has 0 bridgehead atoms. The molecule has 0 radical (unpaired) electrons. The Morgan fingerprint density at radius 1 is 1.36 bits per heavy atom. The van der Waals surface area contributed by atoms with Gasteiger partial charge in [0.1, 0.15) is 0 Å². The Labute approximate surface area is 133 Å². The number of hydrogen-bond donors (Lipinski definition) is 2. The van der Waals surface area contributed by atoms with Crippen LogP contribution in [0.3, 0.4) is 0 Å². The van der Waals surface area contributed by atoms with Crippen molar-refractivity contribution in [2.24, 2.45) is 0 Å². The van der Waals surface area contributed by atoms with Crippen LogP contribution in [0.25, 0.3) is 0 Å². The molecule has 5 nitrogen and oxygen atoms in total. The average Bonchev–Trinajstić information content (AvgIpc) is 2.57. The van der Waals surface area contributed by atoms with Gasteiger partial charge < -0.3 is 20.3 Å². The monoisotopic (exact) mass is 305 g/mol. The molecule has 1 aliphatic heterocycles. The molecule has 2 unspecified atom stereocenters. The van der Waals surface area contributed by atoms with Crippen LogP contribution < -0.4 is 10.6 Å². The van der Waals surface area contributed by atoms with Gasteiger partial charge in [-0.1, -0.05) is 18.2 Å². The summed E-state index contributed by atoms with van der Waals surface area (Å²) in [7, 11) is 3.70. The molecule has 1 aromatic rings. The maximum atomic E-state index is 12.3. The molecule has 1 fully saturated rings. The first-order valence-electron chi connectivity index (χ1n) is 8.00. The molecule has 122 valence electrons. The van der Waals surface area contributed by atoms with Gasteiger partial charge in [0.25, 0.3) is 5.91 Å². The molecule has 1 aliphatic rings. The number of benzene rings is 1. The predicted octanol–water partition coefficient (Wildman–Crippen LogP) is 1.12. The van der Waals surface area contributed by atoms with Crippen molar-refractivity contribution in [3.8, 4) is 0 Å². The number of carbonyl (C=O) groups excluding carboxylic acids is 1. The minimum atomic E-state index is -0.0173. The van der Waals surface area contributed by atoms with Crippen LogP contribution in [0.1, 0.15) is 23.2 Å². The van der Waals surface area contributed by atoms with E-state index in [0.717, 1.165) is 39.0 Å². The van der Waals surface area contributed by atoms with E-state index in [1.54, 1.807) is 7.11 Å². The zero-order valence-corrected chi connectivity index (χ0v) is 13.5. The Morgan fingerprint density at radius 2 is 2.14 bits per heavy atom. The number of hydrogen-bond acceptors (Lipinski definition) is 4. The smallest absolute Gasteiger partial charge is 0.251 e. The molecule has 0 saturated carbocycles. The van der Waals surface area contributed by atoms with E-state index in [9.17, 15) is 4.79 Å². The molecule has 1 saturated heterocycles. The number of methoxy groups -OCH3 is 1. The topological polar surface area (TPSA) is 53.6 Å². The third-order valence-electron chi connectivity index (χ3n) is 4.20. The Kier molecular flexibility index (Phi) is 6.83. The van der Waals surface area contributed by atoms with Gasteiger partial charge in [-0.3, -0.25) is 4.79 Å². The van der Waals surface area contributed by atoms with Crippen LogP contribution in [0.15, 0.2) is 30.3 Å². The summed E-state index contributed by atoms with van der Waals surface area (Å²) in [6.45, 7) is 3.98. The molecule has 2 rings (SSSR count). The zero-order valence-electron chi connectivity index (χ0n) is 13.5. The van der Waals surface area contributed by atoms with Gasteiger partial charge in [-0.15, -0.1) is 0 Å². The Balaban J connectivity index is 1.85. The molecule has 5 heteroatoms. The maximum Gasteiger partial charge on any atom is 0.251 e. The van der Waals surface area contributed by atoms with E-state index >= 15 is 0 Å². The minimum Gasteiger partial charge on any atom is -0.378 e. The molecule has 1 heterocycles. The van der Waals surface area contributed by atoms with Gasteiger partial charge in [-0.25, -0.2) is 0 Å². The summed E-state index contributed by atoms with van der Waals surface area (Å²) in [6.07, 6.45) is 2.11. The first-order valence-corrected chi connectivity index (χ1v) is 8.00. The number of amides is 1. The maximum absolute atomic E-state index is 12.3. The second-order valence-electron chi connectivity index (χ2n) is 5.77. The molecular weight excluding hydrogens is 278 g/mol. The fourth-order valence-electron chi connectivity index (χ4n) is 2.91. The van der Waals surface area contributed by atoms with Crippen molar-refractivity contribution in [1.82, 2.24) is 15.5 Å². The summed E-state index contributed by atoms with van der Waals surface area (Å²) in [6, 6.07) is 9.44. The van der Waals surface area contributed by atoms with Crippen LogP contribution >= 0.6 is 0 Å². The van der Waals surface area contributed by atoms with Crippen molar-refractivity contribution < 1.29 is 9.53 Å². The summed E-state index contributed by atoms with van der Waals surface area (Å²) in [4.78, 5) is 14.7. The lowest BCUT2D eigenvalue weighted by atomic mass is 10.0. The van der Waals surface area contributed by atoms with Crippen LogP contribution in [0.5, 0.6) is 0 Å². The van der Waals surface area contributed by atoms with Gasteiger partial charge in [-0.05, 0) is 45.1 Å². The second kappa shape index (κ2) is 8.88. The standard InChI is InChI=1S/C17H27N3O2/c1-18-10-6-11-20-12-9-15(16(13-20)22-2)19-17(21)14-7-4-3-5-8-14/h3-5,7-8,15-16,18H,6,9-13H2,1-2H3,(H,19,21). The number of likely N-dealkylation sites (tertiary alicyclic amines) is 1.